The van der Waals surface area contributed by atoms with Gasteiger partial charge in [0.15, 0.2) is 14.7 Å². The van der Waals surface area contributed by atoms with Crippen LogP contribution in [0.15, 0.2) is 87.5 Å². The fraction of sp³-hybridized carbons (Fsp3) is 0.535. The first-order valence-corrected chi connectivity index (χ1v) is 20.7. The molecule has 6 nitrogen and oxygen atoms in total. The molecular weight excluding hydrogens is 677 g/mol. The number of Topliss-reactive ketones (excluding diaryl/α,β-unsaturated/α-hetero) is 1. The van der Waals surface area contributed by atoms with Gasteiger partial charge in [-0.05, 0) is 79.8 Å². The molecule has 2 atom stereocenters. The molecule has 3 aromatic carbocycles. The largest absolute Gasteiger partial charge is 0.748 e. The third-order valence-electron chi connectivity index (χ3n) is 10.6. The number of benzene rings is 3. The first-order valence-electron chi connectivity index (χ1n) is 17.9. The monoisotopic (exact) mass is 738 g/mol. The number of carbonyl (C=O) groups is 2. The van der Waals surface area contributed by atoms with Crippen LogP contribution in [0.25, 0.3) is 0 Å². The summed E-state index contributed by atoms with van der Waals surface area (Å²) in [6.45, 7) is 10.2. The zero-order valence-electron chi connectivity index (χ0n) is 30.0. The van der Waals surface area contributed by atoms with E-state index >= 15 is 0 Å². The second-order valence-corrected chi connectivity index (χ2v) is 17.8. The summed E-state index contributed by atoms with van der Waals surface area (Å²) in [6, 6.07) is 25.7. The molecule has 0 aliphatic heterocycles. The van der Waals surface area contributed by atoms with Gasteiger partial charge in [-0.15, -0.1) is 0 Å². The summed E-state index contributed by atoms with van der Waals surface area (Å²) in [5, 5.41) is 0. The third kappa shape index (κ3) is 11.3. The zero-order valence-corrected chi connectivity index (χ0v) is 31.6. The van der Waals surface area contributed by atoms with Crippen LogP contribution in [0, 0.1) is 30.6 Å². The van der Waals surface area contributed by atoms with Crippen molar-refractivity contribution in [3.8, 4) is 5.75 Å². The lowest BCUT2D eigenvalue weighted by molar-refractivity contribution is -0.134. The van der Waals surface area contributed by atoms with Crippen LogP contribution in [-0.4, -0.2) is 30.5 Å². The molecule has 0 amide bonds. The molecule has 2 fully saturated rings. The highest BCUT2D eigenvalue weighted by Gasteiger charge is 2.64. The van der Waals surface area contributed by atoms with Crippen molar-refractivity contribution in [1.29, 1.82) is 0 Å². The van der Waals surface area contributed by atoms with Crippen molar-refractivity contribution in [3.63, 3.8) is 0 Å². The van der Waals surface area contributed by atoms with E-state index in [9.17, 15) is 22.6 Å². The molecular formula is C43H62O6S2. The molecule has 2 bridgehead atoms. The normalized spacial score (nSPS) is 18.7. The summed E-state index contributed by atoms with van der Waals surface area (Å²) in [7, 11) is -4.53. The number of aryl methyl sites for hydroxylation is 2. The van der Waals surface area contributed by atoms with E-state index in [1.54, 1.807) is 0 Å². The van der Waals surface area contributed by atoms with Gasteiger partial charge in [-0.2, -0.15) is 0 Å². The molecule has 0 spiro atoms. The van der Waals surface area contributed by atoms with E-state index in [2.05, 4.69) is 79.7 Å². The van der Waals surface area contributed by atoms with E-state index in [4.69, 9.17) is 4.74 Å². The Morgan fingerprint density at radius 3 is 1.75 bits per heavy atom. The fourth-order valence-corrected chi connectivity index (χ4v) is 11.2. The number of hydrogen-bond acceptors (Lipinski definition) is 6. The summed E-state index contributed by atoms with van der Waals surface area (Å²) in [5.41, 5.74) is 0.812. The molecule has 51 heavy (non-hydrogen) atoms. The predicted molar refractivity (Wildman–Crippen MR) is 210 cm³/mol. The van der Waals surface area contributed by atoms with Crippen LogP contribution in [0.2, 0.25) is 0 Å². The smallest absolute Gasteiger partial charge is 0.311 e. The Bertz CT molecular complexity index is 1590. The van der Waals surface area contributed by atoms with Gasteiger partial charge in [0, 0.05) is 30.4 Å². The number of fused-ring (bicyclic) bond motifs is 2. The van der Waals surface area contributed by atoms with Crippen LogP contribution < -0.4 is 4.74 Å². The SMILES string of the molecule is C.C.CC1(C)C2CCC1(CS(=O)(=O)[O-])C(=O)C2.CCCCCCCCCCC(=O)Oc1c(C)cc([S+](c2ccccc2)c2ccccc2)cc1C. The Kier molecular flexibility index (Phi) is 17.1. The number of rotatable bonds is 15. The summed E-state index contributed by atoms with van der Waals surface area (Å²) in [4.78, 5) is 28.2. The van der Waals surface area contributed by atoms with E-state index < -0.39 is 21.3 Å². The fourth-order valence-electron chi connectivity index (χ4n) is 7.69. The second kappa shape index (κ2) is 19.8. The molecule has 8 heteroatoms. The zero-order chi connectivity index (χ0) is 35.7. The van der Waals surface area contributed by atoms with Crippen LogP contribution in [0.5, 0.6) is 5.75 Å². The minimum Gasteiger partial charge on any atom is -0.748 e. The lowest BCUT2D eigenvalue weighted by Gasteiger charge is -2.37. The van der Waals surface area contributed by atoms with Crippen molar-refractivity contribution in [1.82, 2.24) is 0 Å². The number of ether oxygens (including phenoxy) is 1. The predicted octanol–water partition coefficient (Wildman–Crippen LogP) is 11.0. The molecule has 3 aromatic rings. The van der Waals surface area contributed by atoms with E-state index in [0.717, 1.165) is 36.1 Å². The minimum atomic E-state index is -4.33. The molecule has 2 aliphatic carbocycles. The Balaban J connectivity index is 0.000000444. The molecule has 0 radical (unpaired) electrons. The average molecular weight is 739 g/mol. The molecule has 2 saturated carbocycles. The summed E-state index contributed by atoms with van der Waals surface area (Å²) < 4.78 is 38.5. The van der Waals surface area contributed by atoms with Crippen LogP contribution in [0.3, 0.4) is 0 Å². The van der Waals surface area contributed by atoms with E-state index in [-0.39, 0.29) is 48.8 Å². The van der Waals surface area contributed by atoms with E-state index in [1.165, 1.54) is 53.2 Å². The molecule has 2 aliphatic rings. The maximum absolute atomic E-state index is 12.5. The first-order chi connectivity index (χ1) is 23.3. The van der Waals surface area contributed by atoms with Crippen molar-refractivity contribution in [3.05, 3.63) is 83.9 Å². The Morgan fingerprint density at radius 1 is 0.824 bits per heavy atom. The summed E-state index contributed by atoms with van der Waals surface area (Å²) in [6.07, 6.45) is 12.1. The van der Waals surface area contributed by atoms with Gasteiger partial charge in [0.2, 0.25) is 0 Å². The maximum atomic E-state index is 12.5. The van der Waals surface area contributed by atoms with Crippen LogP contribution in [0.4, 0.5) is 0 Å². The van der Waals surface area contributed by atoms with Gasteiger partial charge in [0.25, 0.3) is 0 Å². The van der Waals surface area contributed by atoms with Crippen LogP contribution >= 0.6 is 0 Å². The number of ketones is 1. The van der Waals surface area contributed by atoms with Gasteiger partial charge >= 0.3 is 5.97 Å². The molecule has 282 valence electrons. The lowest BCUT2D eigenvalue weighted by Crippen LogP contribution is -2.42. The molecule has 0 heterocycles. The number of carbonyl (C=O) groups excluding carboxylic acids is 2. The van der Waals surface area contributed by atoms with Gasteiger partial charge in [-0.25, -0.2) is 8.42 Å². The van der Waals surface area contributed by atoms with Crippen molar-refractivity contribution in [2.45, 2.75) is 141 Å². The summed E-state index contributed by atoms with van der Waals surface area (Å²) >= 11 is 0. The highest BCUT2D eigenvalue weighted by molar-refractivity contribution is 7.97. The maximum Gasteiger partial charge on any atom is 0.311 e. The highest BCUT2D eigenvalue weighted by Crippen LogP contribution is 2.64. The number of esters is 1. The second-order valence-electron chi connectivity index (χ2n) is 14.4. The Morgan fingerprint density at radius 2 is 1.31 bits per heavy atom. The third-order valence-corrected chi connectivity index (χ3v) is 13.7. The average Bonchev–Trinajstić information content (AvgIpc) is 3.39. The van der Waals surface area contributed by atoms with Gasteiger partial charge in [0.05, 0.1) is 26.8 Å². The van der Waals surface area contributed by atoms with Crippen LogP contribution in [-0.2, 0) is 30.6 Å². The lowest BCUT2D eigenvalue weighted by atomic mass is 9.70. The van der Waals surface area contributed by atoms with Crippen molar-refractivity contribution < 1.29 is 27.3 Å². The first kappa shape index (κ1) is 44.2. The molecule has 0 aromatic heterocycles. The van der Waals surface area contributed by atoms with E-state index in [1.807, 2.05) is 27.7 Å². The standard InChI is InChI=1S/C31H39O2S.C10H16O4S.2CH4/c1-4-5-6-7-8-9-10-17-22-30(32)33-31-25(2)23-29(24-26(31)3)34(27-18-13-11-14-19-27)28-20-15-12-16-21-28;1-9(2)7-3-4-10(9,8(11)5-7)6-15(12,13)14;;/h11-16,18-21,23-24H,4-10,17,22H2,1-3H3;7H,3-6H2,1-2H3,(H,12,13,14);2*1H4/q+1;;;/p-1. The molecule has 0 saturated heterocycles. The number of unbranched alkanes of at least 4 members (excludes halogenated alkanes) is 7. The van der Waals surface area contributed by atoms with Crippen molar-refractivity contribution >= 4 is 32.8 Å². The van der Waals surface area contributed by atoms with Gasteiger partial charge < -0.3 is 9.29 Å². The molecule has 0 N–H and O–H groups in total. The summed E-state index contributed by atoms with van der Waals surface area (Å²) in [5.74, 6) is 0.325. The quantitative estimate of drug-likeness (QED) is 0.0506. The Hall–Kier alpha value is -2.94. The molecule has 2 unspecified atom stereocenters. The van der Waals surface area contributed by atoms with Gasteiger partial charge in [-0.3, -0.25) is 9.59 Å². The highest BCUT2D eigenvalue weighted by atomic mass is 32.2. The van der Waals surface area contributed by atoms with Crippen LogP contribution in [0.1, 0.15) is 124 Å². The topological polar surface area (TPSA) is 101 Å². The van der Waals surface area contributed by atoms with Crippen molar-refractivity contribution in [2.24, 2.45) is 16.7 Å². The van der Waals surface area contributed by atoms with Gasteiger partial charge in [-0.1, -0.05) is 117 Å². The van der Waals surface area contributed by atoms with Crippen molar-refractivity contribution in [2.75, 3.05) is 5.75 Å². The number of hydrogen-bond donors (Lipinski definition) is 0. The van der Waals surface area contributed by atoms with Gasteiger partial charge in [0.1, 0.15) is 11.5 Å². The molecule has 5 rings (SSSR count). The van der Waals surface area contributed by atoms with E-state index in [0.29, 0.717) is 19.3 Å². The Labute approximate surface area is 312 Å². The minimum absolute atomic E-state index is 0.